The van der Waals surface area contributed by atoms with Crippen LogP contribution in [0.25, 0.3) is 11.3 Å². The van der Waals surface area contributed by atoms with E-state index in [-0.39, 0.29) is 0 Å². The molecular weight excluding hydrogens is 348 g/mol. The number of alkyl halides is 1. The Morgan fingerprint density at radius 2 is 2.20 bits per heavy atom. The van der Waals surface area contributed by atoms with Crippen LogP contribution in [0.1, 0.15) is 5.69 Å². The molecule has 2 rings (SSSR count). The molecule has 0 amide bonds. The smallest absolute Gasteiger partial charge is 0.181 e. The topological polar surface area (TPSA) is 26.0 Å². The third-order valence-corrected chi connectivity index (χ3v) is 3.37. The predicted molar refractivity (Wildman–Crippen MR) is 69.2 cm³/mol. The molecule has 15 heavy (non-hydrogen) atoms. The van der Waals surface area contributed by atoms with Crippen LogP contribution in [0.2, 0.25) is 5.02 Å². The van der Waals surface area contributed by atoms with Crippen molar-refractivity contribution in [2.45, 2.75) is 5.88 Å². The Morgan fingerprint density at radius 3 is 2.93 bits per heavy atom. The van der Waals surface area contributed by atoms with Crippen LogP contribution in [0, 0.1) is 3.57 Å². The number of oxazole rings is 1. The summed E-state index contributed by atoms with van der Waals surface area (Å²) >= 11 is 13.9. The van der Waals surface area contributed by atoms with Crippen molar-refractivity contribution in [2.24, 2.45) is 0 Å². The van der Waals surface area contributed by atoms with Crippen molar-refractivity contribution in [1.82, 2.24) is 4.98 Å². The molecule has 5 heteroatoms. The Balaban J connectivity index is 2.58. The van der Waals surface area contributed by atoms with E-state index in [4.69, 9.17) is 27.6 Å². The molecule has 0 bridgehead atoms. The van der Waals surface area contributed by atoms with Gasteiger partial charge in [-0.3, -0.25) is 0 Å². The van der Waals surface area contributed by atoms with Gasteiger partial charge in [-0.1, -0.05) is 11.6 Å². The van der Waals surface area contributed by atoms with Crippen molar-refractivity contribution < 1.29 is 4.42 Å². The molecule has 0 saturated carbocycles. The molecule has 78 valence electrons. The van der Waals surface area contributed by atoms with Gasteiger partial charge in [0.2, 0.25) is 0 Å². The van der Waals surface area contributed by atoms with Gasteiger partial charge in [0.1, 0.15) is 5.69 Å². The normalized spacial score (nSPS) is 10.6. The van der Waals surface area contributed by atoms with Gasteiger partial charge in [-0.15, -0.1) is 11.6 Å². The maximum absolute atomic E-state index is 5.93. The van der Waals surface area contributed by atoms with Gasteiger partial charge in [-0.2, -0.15) is 0 Å². The molecule has 1 heterocycles. The van der Waals surface area contributed by atoms with Crippen LogP contribution < -0.4 is 0 Å². The minimum Gasteiger partial charge on any atom is -0.443 e. The standard InChI is InChI=1S/C10H6Cl2INO/c11-4-9-10(15-5-14-9)7-3-6(12)1-2-8(7)13/h1-3,5H,4H2. The summed E-state index contributed by atoms with van der Waals surface area (Å²) in [5.74, 6) is 1.02. The molecule has 0 unspecified atom stereocenters. The highest BCUT2D eigenvalue weighted by Gasteiger charge is 2.13. The SMILES string of the molecule is ClCc1ncoc1-c1cc(Cl)ccc1I. The van der Waals surface area contributed by atoms with E-state index in [0.29, 0.717) is 16.7 Å². The number of hydrogen-bond acceptors (Lipinski definition) is 2. The Hall–Kier alpha value is -0.260. The molecule has 0 aliphatic rings. The largest absolute Gasteiger partial charge is 0.443 e. The van der Waals surface area contributed by atoms with E-state index < -0.39 is 0 Å². The maximum Gasteiger partial charge on any atom is 0.181 e. The lowest BCUT2D eigenvalue weighted by molar-refractivity contribution is 0.571. The molecule has 0 spiro atoms. The van der Waals surface area contributed by atoms with Gasteiger partial charge < -0.3 is 4.42 Å². The molecule has 0 saturated heterocycles. The lowest BCUT2D eigenvalue weighted by atomic mass is 10.1. The molecule has 0 fully saturated rings. The summed E-state index contributed by atoms with van der Waals surface area (Å²) < 4.78 is 6.37. The van der Waals surface area contributed by atoms with Crippen LogP contribution >= 0.6 is 45.8 Å². The van der Waals surface area contributed by atoms with Crippen LogP contribution in [-0.4, -0.2) is 4.98 Å². The molecule has 1 aromatic carbocycles. The second kappa shape index (κ2) is 4.72. The number of benzene rings is 1. The van der Waals surface area contributed by atoms with E-state index in [9.17, 15) is 0 Å². The van der Waals surface area contributed by atoms with Crippen molar-refractivity contribution in [1.29, 1.82) is 0 Å². The first-order chi connectivity index (χ1) is 7.22. The Morgan fingerprint density at radius 1 is 1.40 bits per heavy atom. The van der Waals surface area contributed by atoms with E-state index in [1.807, 2.05) is 18.2 Å². The number of halogens is 3. The highest BCUT2D eigenvalue weighted by Crippen LogP contribution is 2.30. The zero-order valence-electron chi connectivity index (χ0n) is 7.51. The Bertz CT molecular complexity index is 484. The van der Waals surface area contributed by atoms with E-state index in [0.717, 1.165) is 14.8 Å². The molecule has 1 aromatic heterocycles. The van der Waals surface area contributed by atoms with Crippen molar-refractivity contribution in [3.63, 3.8) is 0 Å². The number of rotatable bonds is 2. The summed E-state index contributed by atoms with van der Waals surface area (Å²) in [5.41, 5.74) is 1.66. The van der Waals surface area contributed by atoms with E-state index in [1.54, 1.807) is 0 Å². The summed E-state index contributed by atoms with van der Waals surface area (Å²) in [7, 11) is 0. The molecule has 0 aliphatic carbocycles. The first kappa shape index (κ1) is 11.2. The molecule has 0 aliphatic heterocycles. The number of aromatic nitrogens is 1. The van der Waals surface area contributed by atoms with Crippen LogP contribution in [0.3, 0.4) is 0 Å². The van der Waals surface area contributed by atoms with Gasteiger partial charge in [0.25, 0.3) is 0 Å². The van der Waals surface area contributed by atoms with Crippen LogP contribution in [-0.2, 0) is 5.88 Å². The first-order valence-electron chi connectivity index (χ1n) is 4.16. The molecule has 2 aromatic rings. The quantitative estimate of drug-likeness (QED) is 0.593. The second-order valence-corrected chi connectivity index (χ2v) is 4.75. The zero-order chi connectivity index (χ0) is 10.8. The van der Waals surface area contributed by atoms with Gasteiger partial charge in [0, 0.05) is 14.2 Å². The zero-order valence-corrected chi connectivity index (χ0v) is 11.2. The van der Waals surface area contributed by atoms with Gasteiger partial charge in [-0.25, -0.2) is 4.98 Å². The third kappa shape index (κ3) is 2.29. The van der Waals surface area contributed by atoms with Gasteiger partial charge in [0.15, 0.2) is 12.2 Å². The monoisotopic (exact) mass is 353 g/mol. The Labute approximate surface area is 111 Å². The van der Waals surface area contributed by atoms with E-state index in [1.165, 1.54) is 6.39 Å². The highest BCUT2D eigenvalue weighted by atomic mass is 127. The average Bonchev–Trinajstić information content (AvgIpc) is 2.69. The fourth-order valence-electron chi connectivity index (χ4n) is 1.25. The molecule has 2 nitrogen and oxygen atoms in total. The van der Waals surface area contributed by atoms with Crippen LogP contribution in [0.5, 0.6) is 0 Å². The van der Waals surface area contributed by atoms with Crippen molar-refractivity contribution >= 4 is 45.8 Å². The fraction of sp³-hybridized carbons (Fsp3) is 0.100. The minimum absolute atomic E-state index is 0.328. The van der Waals surface area contributed by atoms with Gasteiger partial charge in [-0.05, 0) is 40.8 Å². The third-order valence-electron chi connectivity index (χ3n) is 1.94. The maximum atomic E-state index is 5.93. The first-order valence-corrected chi connectivity index (χ1v) is 6.15. The lowest BCUT2D eigenvalue weighted by Crippen LogP contribution is -1.86. The molecule has 0 radical (unpaired) electrons. The second-order valence-electron chi connectivity index (χ2n) is 2.89. The van der Waals surface area contributed by atoms with Crippen molar-refractivity contribution in [2.75, 3.05) is 0 Å². The predicted octanol–water partition coefficient (Wildman–Crippen LogP) is 4.34. The lowest BCUT2D eigenvalue weighted by Gasteiger charge is -2.02. The van der Waals surface area contributed by atoms with Crippen molar-refractivity contribution in [3.05, 3.63) is 38.9 Å². The Kier molecular flexibility index (Phi) is 3.53. The summed E-state index contributed by atoms with van der Waals surface area (Å²) in [6.45, 7) is 0. The van der Waals surface area contributed by atoms with Gasteiger partial charge in [0.05, 0.1) is 5.88 Å². The summed E-state index contributed by atoms with van der Waals surface area (Å²) in [6, 6.07) is 5.61. The number of hydrogen-bond donors (Lipinski definition) is 0. The minimum atomic E-state index is 0.328. The van der Waals surface area contributed by atoms with Crippen molar-refractivity contribution in [3.8, 4) is 11.3 Å². The average molecular weight is 354 g/mol. The number of nitrogens with zero attached hydrogens (tertiary/aromatic N) is 1. The fourth-order valence-corrected chi connectivity index (χ4v) is 2.20. The van der Waals surface area contributed by atoms with E-state index in [2.05, 4.69) is 27.6 Å². The highest BCUT2D eigenvalue weighted by molar-refractivity contribution is 14.1. The molecule has 0 atom stereocenters. The molecule has 0 N–H and O–H groups in total. The van der Waals surface area contributed by atoms with Crippen LogP contribution in [0.15, 0.2) is 29.0 Å². The summed E-state index contributed by atoms with van der Waals surface area (Å²) in [6.07, 6.45) is 1.39. The van der Waals surface area contributed by atoms with Gasteiger partial charge >= 0.3 is 0 Å². The summed E-state index contributed by atoms with van der Waals surface area (Å²) in [4.78, 5) is 4.04. The van der Waals surface area contributed by atoms with Crippen LogP contribution in [0.4, 0.5) is 0 Å². The van der Waals surface area contributed by atoms with E-state index >= 15 is 0 Å². The summed E-state index contributed by atoms with van der Waals surface area (Å²) in [5, 5.41) is 0.669. The molecular formula is C10H6Cl2INO.